The van der Waals surface area contributed by atoms with E-state index >= 15 is 0 Å². The van der Waals surface area contributed by atoms with Crippen LogP contribution in [0.2, 0.25) is 0 Å². The number of hydrogen-bond donors (Lipinski definition) is 2. The maximum atomic E-state index is 11.3. The minimum atomic E-state index is -3.66. The number of piperidine rings is 1. The van der Waals surface area contributed by atoms with Crippen LogP contribution in [0.4, 0.5) is 5.13 Å². The number of anilines is 1. The zero-order valence-corrected chi connectivity index (χ0v) is 15.9. The molecule has 1 saturated heterocycles. The second-order valence-corrected chi connectivity index (χ2v) is 9.43. The number of nitrogens with one attached hydrogen (secondary N) is 1. The van der Waals surface area contributed by atoms with Crippen molar-refractivity contribution >= 4 is 26.5 Å². The van der Waals surface area contributed by atoms with E-state index in [1.54, 1.807) is 0 Å². The van der Waals surface area contributed by atoms with Gasteiger partial charge < -0.3 is 5.32 Å². The van der Waals surface area contributed by atoms with Crippen LogP contribution in [-0.2, 0) is 16.6 Å². The summed E-state index contributed by atoms with van der Waals surface area (Å²) >= 11 is 1.09. The van der Waals surface area contributed by atoms with Crippen molar-refractivity contribution in [3.8, 4) is 0 Å². The second-order valence-electron chi connectivity index (χ2n) is 6.62. The summed E-state index contributed by atoms with van der Waals surface area (Å²) in [7, 11) is -3.66. The molecule has 6 nitrogen and oxygen atoms in total. The summed E-state index contributed by atoms with van der Waals surface area (Å²) in [6.45, 7) is 6.10. The summed E-state index contributed by atoms with van der Waals surface area (Å²) < 4.78 is 22.6. The van der Waals surface area contributed by atoms with E-state index in [2.05, 4.69) is 46.4 Å². The average Bonchev–Trinajstić information content (AvgIpc) is 3.06. The lowest BCUT2D eigenvalue weighted by Crippen LogP contribution is -2.35. The van der Waals surface area contributed by atoms with Crippen molar-refractivity contribution in [2.75, 3.05) is 25.0 Å². The molecular weight excluding hydrogens is 356 g/mol. The highest BCUT2D eigenvalue weighted by Gasteiger charge is 2.20. The summed E-state index contributed by atoms with van der Waals surface area (Å²) in [5, 5.41) is 8.97. The van der Waals surface area contributed by atoms with Crippen LogP contribution in [0.25, 0.3) is 0 Å². The SMILES string of the molecule is Cc1ccc(CN2CCC(CNc3ncc(S(N)(=O)=O)s3)CC2)cc1. The molecule has 0 spiro atoms. The van der Waals surface area contributed by atoms with Gasteiger partial charge in [0, 0.05) is 13.1 Å². The Bertz CT molecular complexity index is 794. The van der Waals surface area contributed by atoms with Gasteiger partial charge in [-0.3, -0.25) is 4.90 Å². The van der Waals surface area contributed by atoms with Crippen LogP contribution in [0.15, 0.2) is 34.7 Å². The predicted octanol–water partition coefficient (Wildman–Crippen LogP) is 2.42. The minimum Gasteiger partial charge on any atom is -0.361 e. The second kappa shape index (κ2) is 7.82. The quantitative estimate of drug-likeness (QED) is 0.803. The van der Waals surface area contributed by atoms with Crippen LogP contribution in [0.5, 0.6) is 0 Å². The molecule has 0 unspecified atom stereocenters. The van der Waals surface area contributed by atoms with E-state index in [1.165, 1.54) is 17.3 Å². The molecule has 1 aliphatic heterocycles. The van der Waals surface area contributed by atoms with Gasteiger partial charge in [-0.05, 0) is 44.3 Å². The fourth-order valence-electron chi connectivity index (χ4n) is 3.00. The number of benzene rings is 1. The van der Waals surface area contributed by atoms with Crippen molar-refractivity contribution < 1.29 is 8.42 Å². The molecule has 0 atom stereocenters. The van der Waals surface area contributed by atoms with Crippen molar-refractivity contribution in [1.29, 1.82) is 0 Å². The van der Waals surface area contributed by atoms with Gasteiger partial charge in [-0.1, -0.05) is 41.2 Å². The number of nitrogens with zero attached hydrogens (tertiary/aromatic N) is 2. The largest absolute Gasteiger partial charge is 0.361 e. The van der Waals surface area contributed by atoms with Crippen LogP contribution in [0.3, 0.4) is 0 Å². The summed E-state index contributed by atoms with van der Waals surface area (Å²) in [4.78, 5) is 6.57. The Kier molecular flexibility index (Phi) is 5.73. The molecule has 25 heavy (non-hydrogen) atoms. The van der Waals surface area contributed by atoms with Crippen LogP contribution >= 0.6 is 11.3 Å². The topological polar surface area (TPSA) is 88.3 Å². The Hall–Kier alpha value is -1.48. The number of likely N-dealkylation sites (tertiary alicyclic amines) is 1. The number of hydrogen-bond acceptors (Lipinski definition) is 6. The molecule has 8 heteroatoms. The summed E-state index contributed by atoms with van der Waals surface area (Å²) in [6, 6.07) is 8.73. The van der Waals surface area contributed by atoms with Crippen LogP contribution in [-0.4, -0.2) is 37.9 Å². The van der Waals surface area contributed by atoms with Gasteiger partial charge in [0.25, 0.3) is 0 Å². The molecule has 136 valence electrons. The number of thiazole rings is 1. The molecule has 0 amide bonds. The van der Waals surface area contributed by atoms with Gasteiger partial charge in [0.05, 0.1) is 6.20 Å². The van der Waals surface area contributed by atoms with Gasteiger partial charge in [0.1, 0.15) is 0 Å². The van der Waals surface area contributed by atoms with Gasteiger partial charge >= 0.3 is 0 Å². The summed E-state index contributed by atoms with van der Waals surface area (Å²) in [6.07, 6.45) is 3.57. The monoisotopic (exact) mass is 380 g/mol. The highest BCUT2D eigenvalue weighted by molar-refractivity contribution is 7.91. The number of primary sulfonamides is 1. The molecule has 3 N–H and O–H groups in total. The lowest BCUT2D eigenvalue weighted by atomic mass is 9.96. The normalized spacial score (nSPS) is 16.9. The summed E-state index contributed by atoms with van der Waals surface area (Å²) in [5.41, 5.74) is 2.65. The van der Waals surface area contributed by atoms with Gasteiger partial charge in [-0.2, -0.15) is 0 Å². The molecule has 2 aromatic rings. The number of aryl methyl sites for hydroxylation is 1. The Labute approximate surface area is 153 Å². The predicted molar refractivity (Wildman–Crippen MR) is 101 cm³/mol. The molecule has 0 saturated carbocycles. The van der Waals surface area contributed by atoms with E-state index in [0.29, 0.717) is 11.0 Å². The number of sulfonamides is 1. The maximum Gasteiger partial charge on any atom is 0.249 e. The van der Waals surface area contributed by atoms with E-state index in [1.807, 2.05) is 0 Å². The Balaban J connectivity index is 1.43. The van der Waals surface area contributed by atoms with Gasteiger partial charge in [-0.15, -0.1) is 0 Å². The number of nitrogens with two attached hydrogens (primary N) is 1. The standard InChI is InChI=1S/C17H24N4O2S2/c1-13-2-4-15(5-3-13)12-21-8-6-14(7-9-21)10-19-17-20-11-16(24-17)25(18,22)23/h2-5,11,14H,6-10,12H2,1H3,(H,19,20)(H2,18,22,23). The van der Waals surface area contributed by atoms with Crippen LogP contribution in [0, 0.1) is 12.8 Å². The molecule has 0 bridgehead atoms. The average molecular weight is 381 g/mol. The molecular formula is C17H24N4O2S2. The highest BCUT2D eigenvalue weighted by atomic mass is 32.2. The first kappa shape index (κ1) is 18.3. The Morgan fingerprint density at radius 1 is 1.28 bits per heavy atom. The van der Waals surface area contributed by atoms with Gasteiger partial charge in [-0.25, -0.2) is 18.5 Å². The van der Waals surface area contributed by atoms with Crippen molar-refractivity contribution in [3.05, 3.63) is 41.6 Å². The zero-order chi connectivity index (χ0) is 17.9. The third-order valence-corrected chi connectivity index (χ3v) is 6.90. The van der Waals surface area contributed by atoms with Crippen molar-refractivity contribution in [2.24, 2.45) is 11.1 Å². The fraction of sp³-hybridized carbons (Fsp3) is 0.471. The molecule has 3 rings (SSSR count). The third kappa shape index (κ3) is 5.24. The first-order valence-corrected chi connectivity index (χ1v) is 10.8. The zero-order valence-electron chi connectivity index (χ0n) is 14.3. The number of rotatable bonds is 6. The summed E-state index contributed by atoms with van der Waals surface area (Å²) in [5.74, 6) is 0.580. The van der Waals surface area contributed by atoms with Crippen LogP contribution < -0.4 is 10.5 Å². The third-order valence-electron chi connectivity index (χ3n) is 4.54. The first-order valence-electron chi connectivity index (χ1n) is 8.40. The van der Waals surface area contributed by atoms with Crippen molar-refractivity contribution in [1.82, 2.24) is 9.88 Å². The van der Waals surface area contributed by atoms with E-state index in [0.717, 1.165) is 50.4 Å². The van der Waals surface area contributed by atoms with Crippen molar-refractivity contribution in [2.45, 2.75) is 30.5 Å². The van der Waals surface area contributed by atoms with E-state index in [4.69, 9.17) is 5.14 Å². The molecule has 0 radical (unpaired) electrons. The molecule has 1 aromatic carbocycles. The lowest BCUT2D eigenvalue weighted by Gasteiger charge is -2.32. The van der Waals surface area contributed by atoms with E-state index in [9.17, 15) is 8.42 Å². The first-order chi connectivity index (χ1) is 11.9. The van der Waals surface area contributed by atoms with Crippen molar-refractivity contribution in [3.63, 3.8) is 0 Å². The maximum absolute atomic E-state index is 11.3. The molecule has 0 aliphatic carbocycles. The molecule has 1 aromatic heterocycles. The molecule has 1 aliphatic rings. The Morgan fingerprint density at radius 3 is 2.56 bits per heavy atom. The van der Waals surface area contributed by atoms with E-state index in [-0.39, 0.29) is 4.21 Å². The number of aromatic nitrogens is 1. The minimum absolute atomic E-state index is 0.0999. The van der Waals surface area contributed by atoms with Gasteiger partial charge in [0.2, 0.25) is 10.0 Å². The van der Waals surface area contributed by atoms with E-state index < -0.39 is 10.0 Å². The lowest BCUT2D eigenvalue weighted by molar-refractivity contribution is 0.182. The van der Waals surface area contributed by atoms with Crippen LogP contribution in [0.1, 0.15) is 24.0 Å². The van der Waals surface area contributed by atoms with Gasteiger partial charge in [0.15, 0.2) is 9.34 Å². The smallest absolute Gasteiger partial charge is 0.249 e. The molecule has 1 fully saturated rings. The molecule has 2 heterocycles. The fourth-order valence-corrected chi connectivity index (χ4v) is 4.46. The highest BCUT2D eigenvalue weighted by Crippen LogP contribution is 2.24. The Morgan fingerprint density at radius 2 is 1.96 bits per heavy atom.